The number of fused-ring (bicyclic) bond motifs is 2. The zero-order chi connectivity index (χ0) is 20.8. The molecule has 1 aliphatic carbocycles. The maximum absolute atomic E-state index is 12.9. The quantitative estimate of drug-likeness (QED) is 0.654. The molecule has 0 bridgehead atoms. The summed E-state index contributed by atoms with van der Waals surface area (Å²) in [6.07, 6.45) is 5.01. The van der Waals surface area contributed by atoms with Gasteiger partial charge in [0, 0.05) is 33.2 Å². The van der Waals surface area contributed by atoms with Crippen LogP contribution in [0.15, 0.2) is 24.7 Å². The molecule has 1 atom stereocenters. The van der Waals surface area contributed by atoms with E-state index in [1.54, 1.807) is 23.3 Å². The summed E-state index contributed by atoms with van der Waals surface area (Å²) >= 11 is 12.5. The van der Waals surface area contributed by atoms with Crippen molar-refractivity contribution in [3.8, 4) is 0 Å². The van der Waals surface area contributed by atoms with Crippen LogP contribution in [0.4, 0.5) is 10.6 Å². The number of carbonyl (C=O) groups excluding carboxylic acids is 1. The summed E-state index contributed by atoms with van der Waals surface area (Å²) in [7, 11) is 1.86. The predicted octanol–water partition coefficient (Wildman–Crippen LogP) is 3.19. The second-order valence-corrected chi connectivity index (χ2v) is 8.43. The molecule has 2 aliphatic rings. The summed E-state index contributed by atoms with van der Waals surface area (Å²) in [5, 5.41) is 9.53. The fourth-order valence-electron chi connectivity index (χ4n) is 4.35. The Labute approximate surface area is 183 Å². The molecule has 1 fully saturated rings. The molecular weight excluding hydrogens is 425 g/mol. The number of carbonyl (C=O) groups is 1. The first-order valence-corrected chi connectivity index (χ1v) is 10.7. The fourth-order valence-corrected chi connectivity index (χ4v) is 4.79. The van der Waals surface area contributed by atoms with E-state index in [2.05, 4.69) is 25.3 Å². The smallest absolute Gasteiger partial charge is 0.318 e. The van der Waals surface area contributed by atoms with Crippen LogP contribution < -0.4 is 10.2 Å². The molecule has 1 aliphatic heterocycles. The van der Waals surface area contributed by atoms with Gasteiger partial charge < -0.3 is 15.1 Å². The standard InChI is InChI=1S/C20H21Cl2N7O/c1-27-18-14(10-25-27)19(24-11-23-18)28-6-8-29(9-7-28)20(30)26-16-5-3-13-12(16)2-4-15(21)17(13)22/h2,4,10-11,16H,3,5-9H2,1H3,(H,26,30). The van der Waals surface area contributed by atoms with Gasteiger partial charge in [0.2, 0.25) is 0 Å². The number of rotatable bonds is 2. The normalized spacial score (nSPS) is 18.7. The predicted molar refractivity (Wildman–Crippen MR) is 116 cm³/mol. The van der Waals surface area contributed by atoms with Crippen molar-refractivity contribution < 1.29 is 4.79 Å². The van der Waals surface area contributed by atoms with Crippen molar-refractivity contribution in [3.63, 3.8) is 0 Å². The SMILES string of the molecule is Cn1ncc2c(N3CCN(C(=O)NC4CCc5c4ccc(Cl)c5Cl)CC3)ncnc21. The van der Waals surface area contributed by atoms with Crippen molar-refractivity contribution in [2.75, 3.05) is 31.1 Å². The maximum atomic E-state index is 12.9. The van der Waals surface area contributed by atoms with Gasteiger partial charge in [-0.2, -0.15) is 5.10 Å². The molecule has 0 saturated carbocycles. The number of hydrogen-bond donors (Lipinski definition) is 1. The number of aryl methyl sites for hydroxylation is 1. The second kappa shape index (κ2) is 7.59. The van der Waals surface area contributed by atoms with Gasteiger partial charge in [0.25, 0.3) is 0 Å². The number of halogens is 2. The molecule has 1 aromatic carbocycles. The van der Waals surface area contributed by atoms with E-state index in [9.17, 15) is 4.79 Å². The van der Waals surface area contributed by atoms with Crippen LogP contribution in [0.3, 0.4) is 0 Å². The Kier molecular flexibility index (Phi) is 4.91. The lowest BCUT2D eigenvalue weighted by Crippen LogP contribution is -2.52. The van der Waals surface area contributed by atoms with Crippen LogP contribution in [-0.2, 0) is 13.5 Å². The number of hydrogen-bond acceptors (Lipinski definition) is 5. The molecule has 8 nitrogen and oxygen atoms in total. The van der Waals surface area contributed by atoms with Crippen LogP contribution in [0.25, 0.3) is 11.0 Å². The van der Waals surface area contributed by atoms with Crippen molar-refractivity contribution in [1.29, 1.82) is 0 Å². The largest absolute Gasteiger partial charge is 0.352 e. The van der Waals surface area contributed by atoms with Gasteiger partial charge in [-0.15, -0.1) is 0 Å². The molecule has 30 heavy (non-hydrogen) atoms. The molecule has 1 unspecified atom stereocenters. The highest BCUT2D eigenvalue weighted by molar-refractivity contribution is 6.42. The van der Waals surface area contributed by atoms with Crippen LogP contribution in [0.1, 0.15) is 23.6 Å². The molecule has 5 rings (SSSR count). The second-order valence-electron chi connectivity index (χ2n) is 7.65. The highest BCUT2D eigenvalue weighted by Crippen LogP contribution is 2.39. The Morgan fingerprint density at radius 2 is 1.97 bits per heavy atom. The third-order valence-electron chi connectivity index (χ3n) is 5.96. The van der Waals surface area contributed by atoms with Gasteiger partial charge in [0.05, 0.1) is 27.7 Å². The highest BCUT2D eigenvalue weighted by Gasteiger charge is 2.30. The lowest BCUT2D eigenvalue weighted by Gasteiger charge is -2.36. The minimum atomic E-state index is -0.0483. The number of piperazine rings is 1. The van der Waals surface area contributed by atoms with Crippen molar-refractivity contribution in [1.82, 2.24) is 30.0 Å². The fraction of sp³-hybridized carbons (Fsp3) is 0.400. The third kappa shape index (κ3) is 3.24. The lowest BCUT2D eigenvalue weighted by atomic mass is 10.1. The van der Waals surface area contributed by atoms with Crippen LogP contribution in [-0.4, -0.2) is 56.9 Å². The number of nitrogens with zero attached hydrogens (tertiary/aromatic N) is 6. The summed E-state index contributed by atoms with van der Waals surface area (Å²) < 4.78 is 1.74. The van der Waals surface area contributed by atoms with Crippen molar-refractivity contribution in [2.45, 2.75) is 18.9 Å². The van der Waals surface area contributed by atoms with E-state index in [0.29, 0.717) is 36.2 Å². The number of aromatic nitrogens is 4. The monoisotopic (exact) mass is 445 g/mol. The van der Waals surface area contributed by atoms with Gasteiger partial charge in [-0.05, 0) is 30.0 Å². The molecule has 10 heteroatoms. The average Bonchev–Trinajstić information content (AvgIpc) is 3.35. The minimum Gasteiger partial charge on any atom is -0.352 e. The van der Waals surface area contributed by atoms with E-state index in [-0.39, 0.29) is 12.1 Å². The average molecular weight is 446 g/mol. The zero-order valence-electron chi connectivity index (χ0n) is 16.5. The van der Waals surface area contributed by atoms with Gasteiger partial charge in [0.15, 0.2) is 5.65 Å². The molecule has 1 N–H and O–H groups in total. The van der Waals surface area contributed by atoms with Gasteiger partial charge in [-0.25, -0.2) is 14.8 Å². The molecule has 2 aromatic heterocycles. The van der Waals surface area contributed by atoms with Gasteiger partial charge >= 0.3 is 6.03 Å². The van der Waals surface area contributed by atoms with E-state index in [4.69, 9.17) is 23.2 Å². The number of anilines is 1. The summed E-state index contributed by atoms with van der Waals surface area (Å²) in [5.41, 5.74) is 2.92. The molecule has 1 saturated heterocycles. The van der Waals surface area contributed by atoms with Crippen molar-refractivity contribution in [2.24, 2.45) is 7.05 Å². The number of urea groups is 1. The molecule has 156 valence electrons. The van der Waals surface area contributed by atoms with E-state index >= 15 is 0 Å². The minimum absolute atomic E-state index is 0.0304. The third-order valence-corrected chi connectivity index (χ3v) is 6.81. The Balaban J connectivity index is 1.24. The number of nitrogens with one attached hydrogen (secondary N) is 1. The molecule has 2 amide bonds. The van der Waals surface area contributed by atoms with E-state index in [0.717, 1.165) is 40.8 Å². The molecule has 3 heterocycles. The summed E-state index contributed by atoms with van der Waals surface area (Å²) in [6.45, 7) is 2.66. The van der Waals surface area contributed by atoms with Gasteiger partial charge in [0.1, 0.15) is 12.1 Å². The summed E-state index contributed by atoms with van der Waals surface area (Å²) in [4.78, 5) is 25.7. The van der Waals surface area contributed by atoms with Crippen LogP contribution >= 0.6 is 23.2 Å². The number of benzene rings is 1. The van der Waals surface area contributed by atoms with Gasteiger partial charge in [-0.3, -0.25) is 4.68 Å². The van der Waals surface area contributed by atoms with E-state index < -0.39 is 0 Å². The van der Waals surface area contributed by atoms with Crippen LogP contribution in [0.2, 0.25) is 10.0 Å². The molecular formula is C20H21Cl2N7O. The maximum Gasteiger partial charge on any atom is 0.318 e. The van der Waals surface area contributed by atoms with E-state index in [1.807, 2.05) is 18.0 Å². The number of amides is 2. The van der Waals surface area contributed by atoms with Gasteiger partial charge in [-0.1, -0.05) is 29.3 Å². The lowest BCUT2D eigenvalue weighted by molar-refractivity contribution is 0.190. The summed E-state index contributed by atoms with van der Waals surface area (Å²) in [5.74, 6) is 0.865. The topological polar surface area (TPSA) is 79.2 Å². The Bertz CT molecular complexity index is 1120. The zero-order valence-corrected chi connectivity index (χ0v) is 18.0. The van der Waals surface area contributed by atoms with E-state index in [1.165, 1.54) is 0 Å². The first-order valence-electron chi connectivity index (χ1n) is 9.93. The Hall–Kier alpha value is -2.58. The van der Waals surface area contributed by atoms with Crippen LogP contribution in [0, 0.1) is 0 Å². The highest BCUT2D eigenvalue weighted by atomic mass is 35.5. The van der Waals surface area contributed by atoms with Crippen molar-refractivity contribution >= 4 is 46.1 Å². The Morgan fingerprint density at radius 3 is 2.77 bits per heavy atom. The Morgan fingerprint density at radius 1 is 1.17 bits per heavy atom. The van der Waals surface area contributed by atoms with Crippen LogP contribution in [0.5, 0.6) is 0 Å². The molecule has 0 spiro atoms. The van der Waals surface area contributed by atoms with Crippen molar-refractivity contribution in [3.05, 3.63) is 45.8 Å². The first-order chi connectivity index (χ1) is 14.5. The summed E-state index contributed by atoms with van der Waals surface area (Å²) in [6, 6.07) is 3.69. The molecule has 0 radical (unpaired) electrons. The molecule has 3 aromatic rings. The first kappa shape index (κ1) is 19.4.